The van der Waals surface area contributed by atoms with Gasteiger partial charge >= 0.3 is 0 Å². The van der Waals surface area contributed by atoms with Gasteiger partial charge in [0.05, 0.1) is 34.1 Å². The number of nitrogens with two attached hydrogens (primary N) is 1. The molecule has 0 aliphatic carbocycles. The number of methoxy groups -OCH3 is 1. The van der Waals surface area contributed by atoms with Crippen LogP contribution in [-0.4, -0.2) is 73.4 Å². The summed E-state index contributed by atoms with van der Waals surface area (Å²) in [6.07, 6.45) is 4.11. The van der Waals surface area contributed by atoms with E-state index in [0.29, 0.717) is 34.3 Å². The number of piperidine rings is 1. The number of sulfone groups is 1. The molecule has 212 valence electrons. The zero-order valence-corrected chi connectivity index (χ0v) is 24.4. The Hall–Kier alpha value is -3.83. The van der Waals surface area contributed by atoms with E-state index in [1.54, 1.807) is 45.2 Å². The van der Waals surface area contributed by atoms with Gasteiger partial charge in [-0.1, -0.05) is 12.1 Å². The number of aromatic nitrogens is 3. The number of hydrogen-bond acceptors (Lipinski definition) is 9. The number of para-hydroxylation sites is 1. The lowest BCUT2D eigenvalue weighted by Gasteiger charge is -2.36. The molecule has 0 amide bonds. The standard InChI is InChI=1S/C29H37N7O3S/c1-19(2)40(37,38)26-9-7-6-8-22(26)31-28-27-23(32-29(30)33-28)14-17-36(27)24-11-10-21(18-25(24)39-5)35-15-12-20(13-16-35)34(3)4/h6-11,14,17-20H,12-13,15-16H2,1-5H3,(H3,30,31,32,33). The Bertz CT molecular complexity index is 1620. The lowest BCUT2D eigenvalue weighted by molar-refractivity contribution is 0.249. The molecule has 4 aromatic rings. The first kappa shape index (κ1) is 27.7. The summed E-state index contributed by atoms with van der Waals surface area (Å²) in [5, 5.41) is 2.67. The number of hydrogen-bond donors (Lipinski definition) is 2. The van der Waals surface area contributed by atoms with Crippen LogP contribution >= 0.6 is 0 Å². The lowest BCUT2D eigenvalue weighted by atomic mass is 10.0. The van der Waals surface area contributed by atoms with Crippen LogP contribution in [0.5, 0.6) is 5.75 Å². The molecule has 0 bridgehead atoms. The maximum Gasteiger partial charge on any atom is 0.222 e. The quantitative estimate of drug-likeness (QED) is 0.320. The average molecular weight is 564 g/mol. The zero-order valence-electron chi connectivity index (χ0n) is 23.6. The van der Waals surface area contributed by atoms with Crippen molar-refractivity contribution >= 4 is 44.0 Å². The van der Waals surface area contributed by atoms with Crippen molar-refractivity contribution < 1.29 is 13.2 Å². The third kappa shape index (κ3) is 5.18. The molecule has 1 aliphatic heterocycles. The minimum atomic E-state index is -3.55. The normalized spacial score (nSPS) is 14.8. The topological polar surface area (TPSA) is 119 Å². The average Bonchev–Trinajstić information content (AvgIpc) is 3.36. The van der Waals surface area contributed by atoms with Gasteiger partial charge in [0.1, 0.15) is 11.3 Å². The van der Waals surface area contributed by atoms with Crippen LogP contribution in [0.4, 0.5) is 23.1 Å². The number of rotatable bonds is 8. The summed E-state index contributed by atoms with van der Waals surface area (Å²) in [4.78, 5) is 13.8. The van der Waals surface area contributed by atoms with E-state index in [4.69, 9.17) is 10.5 Å². The molecule has 2 aromatic carbocycles. The van der Waals surface area contributed by atoms with Crippen molar-refractivity contribution in [2.24, 2.45) is 0 Å². The highest BCUT2D eigenvalue weighted by Crippen LogP contribution is 2.36. The highest BCUT2D eigenvalue weighted by Gasteiger charge is 2.25. The van der Waals surface area contributed by atoms with Gasteiger partial charge in [-0.15, -0.1) is 0 Å². The number of nitrogen functional groups attached to an aromatic ring is 1. The molecule has 1 fully saturated rings. The summed E-state index contributed by atoms with van der Waals surface area (Å²) in [5.41, 5.74) is 9.68. The molecule has 3 N–H and O–H groups in total. The number of fused-ring (bicyclic) bond motifs is 1. The molecule has 5 rings (SSSR count). The van der Waals surface area contributed by atoms with Gasteiger partial charge < -0.3 is 30.2 Å². The maximum absolute atomic E-state index is 13.1. The molecule has 2 aromatic heterocycles. The zero-order chi connectivity index (χ0) is 28.6. The maximum atomic E-state index is 13.1. The van der Waals surface area contributed by atoms with Gasteiger partial charge in [-0.05, 0) is 71.1 Å². The molecular weight excluding hydrogens is 526 g/mol. The monoisotopic (exact) mass is 563 g/mol. The van der Waals surface area contributed by atoms with Gasteiger partial charge in [0.25, 0.3) is 0 Å². The van der Waals surface area contributed by atoms with Crippen LogP contribution < -0.4 is 20.7 Å². The van der Waals surface area contributed by atoms with E-state index in [1.807, 2.05) is 22.9 Å². The second-order valence-corrected chi connectivity index (χ2v) is 13.1. The first-order valence-corrected chi connectivity index (χ1v) is 15.0. The van der Waals surface area contributed by atoms with Crippen molar-refractivity contribution in [3.63, 3.8) is 0 Å². The summed E-state index contributed by atoms with van der Waals surface area (Å²) in [7, 11) is 2.40. The van der Waals surface area contributed by atoms with E-state index in [1.165, 1.54) is 0 Å². The van der Waals surface area contributed by atoms with Gasteiger partial charge in [-0.3, -0.25) is 0 Å². The Morgan fingerprint density at radius 3 is 2.48 bits per heavy atom. The molecule has 0 atom stereocenters. The SMILES string of the molecule is COc1cc(N2CCC(N(C)C)CC2)ccc1-n1ccc2nc(N)nc(Nc3ccccc3S(=O)(=O)C(C)C)c21. The van der Waals surface area contributed by atoms with E-state index in [2.05, 4.69) is 51.3 Å². The third-order valence-electron chi connectivity index (χ3n) is 7.60. The Labute approximate surface area is 235 Å². The fourth-order valence-corrected chi connectivity index (χ4v) is 6.46. The number of ether oxygens (including phenoxy) is 1. The highest BCUT2D eigenvalue weighted by atomic mass is 32.2. The van der Waals surface area contributed by atoms with Gasteiger partial charge in [0.15, 0.2) is 15.7 Å². The van der Waals surface area contributed by atoms with Crippen molar-refractivity contribution in [3.8, 4) is 11.4 Å². The van der Waals surface area contributed by atoms with Crippen LogP contribution in [-0.2, 0) is 9.84 Å². The van der Waals surface area contributed by atoms with E-state index in [9.17, 15) is 8.42 Å². The second kappa shape index (κ2) is 11.0. The van der Waals surface area contributed by atoms with E-state index < -0.39 is 15.1 Å². The van der Waals surface area contributed by atoms with Crippen LogP contribution in [0, 0.1) is 0 Å². The van der Waals surface area contributed by atoms with Crippen molar-refractivity contribution in [3.05, 3.63) is 54.7 Å². The summed E-state index contributed by atoms with van der Waals surface area (Å²) < 4.78 is 34.0. The van der Waals surface area contributed by atoms with Crippen LogP contribution in [0.3, 0.4) is 0 Å². The predicted molar refractivity (Wildman–Crippen MR) is 161 cm³/mol. The first-order chi connectivity index (χ1) is 19.1. The fraction of sp³-hybridized carbons (Fsp3) is 0.379. The van der Waals surface area contributed by atoms with E-state index >= 15 is 0 Å². The molecular formula is C29H37N7O3S. The molecule has 0 spiro atoms. The van der Waals surface area contributed by atoms with Crippen molar-refractivity contribution in [1.82, 2.24) is 19.4 Å². The summed E-state index contributed by atoms with van der Waals surface area (Å²) in [6.45, 7) is 5.30. The Morgan fingerprint density at radius 2 is 1.80 bits per heavy atom. The van der Waals surface area contributed by atoms with Crippen molar-refractivity contribution in [2.75, 3.05) is 50.2 Å². The fourth-order valence-electron chi connectivity index (χ4n) is 5.25. The summed E-state index contributed by atoms with van der Waals surface area (Å²) >= 11 is 0. The van der Waals surface area contributed by atoms with Gasteiger partial charge in [0.2, 0.25) is 5.95 Å². The molecule has 11 heteroatoms. The number of benzene rings is 2. The molecule has 1 saturated heterocycles. The minimum Gasteiger partial charge on any atom is -0.494 e. The van der Waals surface area contributed by atoms with E-state index in [-0.39, 0.29) is 10.8 Å². The van der Waals surface area contributed by atoms with Crippen LogP contribution in [0.15, 0.2) is 59.6 Å². The highest BCUT2D eigenvalue weighted by molar-refractivity contribution is 7.92. The summed E-state index contributed by atoms with van der Waals surface area (Å²) in [6, 6.07) is 15.5. The lowest BCUT2D eigenvalue weighted by Crippen LogP contribution is -2.41. The van der Waals surface area contributed by atoms with Crippen molar-refractivity contribution in [1.29, 1.82) is 0 Å². The third-order valence-corrected chi connectivity index (χ3v) is 9.81. The Kier molecular flexibility index (Phi) is 7.61. The number of nitrogens with one attached hydrogen (secondary N) is 1. The first-order valence-electron chi connectivity index (χ1n) is 13.4. The van der Waals surface area contributed by atoms with Crippen LogP contribution in [0.1, 0.15) is 26.7 Å². The molecule has 0 unspecified atom stereocenters. The molecule has 0 saturated carbocycles. The van der Waals surface area contributed by atoms with Gasteiger partial charge in [-0.25, -0.2) is 13.4 Å². The van der Waals surface area contributed by atoms with Gasteiger partial charge in [0, 0.05) is 37.1 Å². The molecule has 1 aliphatic rings. The van der Waals surface area contributed by atoms with Crippen LogP contribution in [0.2, 0.25) is 0 Å². The molecule has 3 heterocycles. The predicted octanol–water partition coefficient (Wildman–Crippen LogP) is 4.47. The Balaban J connectivity index is 1.55. The van der Waals surface area contributed by atoms with Crippen LogP contribution in [0.25, 0.3) is 16.7 Å². The molecule has 40 heavy (non-hydrogen) atoms. The smallest absolute Gasteiger partial charge is 0.222 e. The number of anilines is 4. The van der Waals surface area contributed by atoms with Crippen molar-refractivity contribution in [2.45, 2.75) is 42.9 Å². The molecule has 10 nitrogen and oxygen atoms in total. The van der Waals surface area contributed by atoms with Gasteiger partial charge in [-0.2, -0.15) is 4.98 Å². The molecule has 0 radical (unpaired) electrons. The largest absolute Gasteiger partial charge is 0.494 e. The number of nitrogens with zero attached hydrogens (tertiary/aromatic N) is 5. The van der Waals surface area contributed by atoms with E-state index in [0.717, 1.165) is 37.3 Å². The second-order valence-electron chi connectivity index (χ2n) is 10.6. The summed E-state index contributed by atoms with van der Waals surface area (Å²) in [5.74, 6) is 1.19. The Morgan fingerprint density at radius 1 is 1.07 bits per heavy atom. The minimum absolute atomic E-state index is 0.0837.